The summed E-state index contributed by atoms with van der Waals surface area (Å²) >= 11 is 0. The molecular formula is C14H24N4. The van der Waals surface area contributed by atoms with Gasteiger partial charge in [-0.1, -0.05) is 6.07 Å². The normalized spacial score (nSPS) is 25.2. The number of likely N-dealkylation sites (N-methyl/N-ethyl adjacent to an activating group) is 1. The molecule has 2 heterocycles. The van der Waals surface area contributed by atoms with E-state index in [2.05, 4.69) is 41.7 Å². The van der Waals surface area contributed by atoms with Gasteiger partial charge < -0.3 is 5.73 Å². The van der Waals surface area contributed by atoms with Gasteiger partial charge in [-0.15, -0.1) is 0 Å². The van der Waals surface area contributed by atoms with Crippen LogP contribution in [0.1, 0.15) is 19.4 Å². The topological polar surface area (TPSA) is 45.4 Å². The molecule has 1 unspecified atom stereocenters. The zero-order valence-electron chi connectivity index (χ0n) is 11.6. The molecule has 0 spiro atoms. The van der Waals surface area contributed by atoms with E-state index in [1.54, 1.807) is 0 Å². The summed E-state index contributed by atoms with van der Waals surface area (Å²) in [5, 5.41) is 0. The molecule has 0 aromatic carbocycles. The van der Waals surface area contributed by atoms with Gasteiger partial charge in [-0.2, -0.15) is 0 Å². The van der Waals surface area contributed by atoms with E-state index < -0.39 is 0 Å². The van der Waals surface area contributed by atoms with Crippen LogP contribution >= 0.6 is 0 Å². The predicted octanol–water partition coefficient (Wildman–Crippen LogP) is 0.935. The SMILES string of the molecule is CN1CC(C)(C)N(Cc2cccnc2)CC1CN. The van der Waals surface area contributed by atoms with Crippen LogP contribution < -0.4 is 5.73 Å². The number of nitrogens with two attached hydrogens (primary N) is 1. The van der Waals surface area contributed by atoms with Crippen LogP contribution in [-0.4, -0.2) is 53.0 Å². The van der Waals surface area contributed by atoms with E-state index >= 15 is 0 Å². The second kappa shape index (κ2) is 5.34. The minimum absolute atomic E-state index is 0.177. The van der Waals surface area contributed by atoms with Crippen molar-refractivity contribution in [1.29, 1.82) is 0 Å². The summed E-state index contributed by atoms with van der Waals surface area (Å²) in [4.78, 5) is 9.08. The Morgan fingerprint density at radius 1 is 1.50 bits per heavy atom. The molecule has 2 N–H and O–H groups in total. The lowest BCUT2D eigenvalue weighted by atomic mass is 9.95. The fourth-order valence-electron chi connectivity index (χ4n) is 2.73. The van der Waals surface area contributed by atoms with E-state index in [-0.39, 0.29) is 5.54 Å². The molecule has 4 heteroatoms. The first kappa shape index (κ1) is 13.5. The molecule has 0 saturated carbocycles. The van der Waals surface area contributed by atoms with Crippen LogP contribution in [0.2, 0.25) is 0 Å². The van der Waals surface area contributed by atoms with Crippen molar-refractivity contribution in [2.24, 2.45) is 5.73 Å². The van der Waals surface area contributed by atoms with Crippen LogP contribution in [0.5, 0.6) is 0 Å². The van der Waals surface area contributed by atoms with Crippen LogP contribution in [0.25, 0.3) is 0 Å². The van der Waals surface area contributed by atoms with Gasteiger partial charge in [0.15, 0.2) is 0 Å². The maximum absolute atomic E-state index is 5.86. The molecule has 1 fully saturated rings. The number of hydrogen-bond acceptors (Lipinski definition) is 4. The molecule has 100 valence electrons. The average Bonchev–Trinajstić information content (AvgIpc) is 2.33. The molecule has 18 heavy (non-hydrogen) atoms. The van der Waals surface area contributed by atoms with Gasteiger partial charge in [0.1, 0.15) is 0 Å². The van der Waals surface area contributed by atoms with Gasteiger partial charge >= 0.3 is 0 Å². The summed E-state index contributed by atoms with van der Waals surface area (Å²) in [5.74, 6) is 0. The molecular weight excluding hydrogens is 224 g/mol. The molecule has 1 aromatic heterocycles. The van der Waals surface area contributed by atoms with Crippen molar-refractivity contribution >= 4 is 0 Å². The summed E-state index contributed by atoms with van der Waals surface area (Å²) in [6.07, 6.45) is 3.77. The lowest BCUT2D eigenvalue weighted by molar-refractivity contribution is -0.00763. The molecule has 1 saturated heterocycles. The minimum atomic E-state index is 0.177. The highest BCUT2D eigenvalue weighted by Gasteiger charge is 2.36. The molecule has 1 atom stereocenters. The lowest BCUT2D eigenvalue weighted by Gasteiger charge is -2.50. The van der Waals surface area contributed by atoms with E-state index in [9.17, 15) is 0 Å². The van der Waals surface area contributed by atoms with Gasteiger partial charge in [0.25, 0.3) is 0 Å². The Morgan fingerprint density at radius 2 is 2.28 bits per heavy atom. The summed E-state index contributed by atoms with van der Waals surface area (Å²) < 4.78 is 0. The van der Waals surface area contributed by atoms with Crippen molar-refractivity contribution < 1.29 is 0 Å². The Labute approximate surface area is 110 Å². The Kier molecular flexibility index (Phi) is 4.00. The van der Waals surface area contributed by atoms with E-state index in [1.807, 2.05) is 18.5 Å². The van der Waals surface area contributed by atoms with Crippen LogP contribution in [0.3, 0.4) is 0 Å². The summed E-state index contributed by atoms with van der Waals surface area (Å²) in [7, 11) is 2.17. The van der Waals surface area contributed by atoms with Crippen molar-refractivity contribution in [3.63, 3.8) is 0 Å². The second-order valence-corrected chi connectivity index (χ2v) is 5.86. The highest BCUT2D eigenvalue weighted by atomic mass is 15.3. The minimum Gasteiger partial charge on any atom is -0.329 e. The fraction of sp³-hybridized carbons (Fsp3) is 0.643. The number of hydrogen-bond donors (Lipinski definition) is 1. The summed E-state index contributed by atoms with van der Waals surface area (Å²) in [6, 6.07) is 4.59. The zero-order valence-corrected chi connectivity index (χ0v) is 11.6. The van der Waals surface area contributed by atoms with Gasteiger partial charge in [0, 0.05) is 50.2 Å². The number of piperazine rings is 1. The fourth-order valence-corrected chi connectivity index (χ4v) is 2.73. The number of aromatic nitrogens is 1. The standard InChI is InChI=1S/C14H24N4/c1-14(2)11-17(3)13(7-15)10-18(14)9-12-5-4-6-16-8-12/h4-6,8,13H,7,9-11,15H2,1-3H3. The Balaban J connectivity index is 2.10. The first-order valence-electron chi connectivity index (χ1n) is 6.57. The quantitative estimate of drug-likeness (QED) is 0.864. The largest absolute Gasteiger partial charge is 0.329 e. The van der Waals surface area contributed by atoms with Gasteiger partial charge in [0.2, 0.25) is 0 Å². The van der Waals surface area contributed by atoms with E-state index in [0.29, 0.717) is 6.04 Å². The van der Waals surface area contributed by atoms with Crippen LogP contribution in [0, 0.1) is 0 Å². The van der Waals surface area contributed by atoms with Gasteiger partial charge in [-0.3, -0.25) is 14.8 Å². The second-order valence-electron chi connectivity index (χ2n) is 5.86. The molecule has 4 nitrogen and oxygen atoms in total. The molecule has 0 bridgehead atoms. The molecule has 0 amide bonds. The highest BCUT2D eigenvalue weighted by Crippen LogP contribution is 2.24. The van der Waals surface area contributed by atoms with Gasteiger partial charge in [-0.25, -0.2) is 0 Å². The van der Waals surface area contributed by atoms with Gasteiger partial charge in [0.05, 0.1) is 0 Å². The van der Waals surface area contributed by atoms with Crippen molar-refractivity contribution in [1.82, 2.24) is 14.8 Å². The highest BCUT2D eigenvalue weighted by molar-refractivity contribution is 5.10. The Morgan fingerprint density at radius 3 is 2.89 bits per heavy atom. The molecule has 0 radical (unpaired) electrons. The van der Waals surface area contributed by atoms with E-state index in [1.165, 1.54) is 5.56 Å². The number of pyridine rings is 1. The zero-order chi connectivity index (χ0) is 13.2. The molecule has 2 rings (SSSR count). The Hall–Kier alpha value is -0.970. The van der Waals surface area contributed by atoms with E-state index in [4.69, 9.17) is 5.73 Å². The van der Waals surface area contributed by atoms with Crippen molar-refractivity contribution in [2.45, 2.75) is 32.0 Å². The molecule has 1 aromatic rings. The predicted molar refractivity (Wildman–Crippen MR) is 74.2 cm³/mol. The van der Waals surface area contributed by atoms with Crippen molar-refractivity contribution in [3.8, 4) is 0 Å². The van der Waals surface area contributed by atoms with E-state index in [0.717, 1.165) is 26.2 Å². The van der Waals surface area contributed by atoms with Crippen molar-refractivity contribution in [3.05, 3.63) is 30.1 Å². The summed E-state index contributed by atoms with van der Waals surface area (Å²) in [5.41, 5.74) is 7.30. The van der Waals surface area contributed by atoms with Crippen LogP contribution in [0.4, 0.5) is 0 Å². The third kappa shape index (κ3) is 2.88. The number of rotatable bonds is 3. The maximum atomic E-state index is 5.86. The first-order chi connectivity index (χ1) is 8.53. The van der Waals surface area contributed by atoms with Gasteiger partial charge in [-0.05, 0) is 32.5 Å². The maximum Gasteiger partial charge on any atom is 0.0343 e. The number of nitrogens with zero attached hydrogens (tertiary/aromatic N) is 3. The van der Waals surface area contributed by atoms with Crippen LogP contribution in [0.15, 0.2) is 24.5 Å². The first-order valence-corrected chi connectivity index (χ1v) is 6.57. The molecule has 1 aliphatic rings. The third-order valence-corrected chi connectivity index (χ3v) is 3.92. The summed E-state index contributed by atoms with van der Waals surface area (Å²) in [6.45, 7) is 8.34. The van der Waals surface area contributed by atoms with Crippen molar-refractivity contribution in [2.75, 3.05) is 26.7 Å². The lowest BCUT2D eigenvalue weighted by Crippen LogP contribution is -2.63. The smallest absolute Gasteiger partial charge is 0.0343 e. The molecule has 1 aliphatic heterocycles. The van der Waals surface area contributed by atoms with Crippen LogP contribution in [-0.2, 0) is 6.54 Å². The molecule has 0 aliphatic carbocycles. The third-order valence-electron chi connectivity index (χ3n) is 3.92. The monoisotopic (exact) mass is 248 g/mol. The average molecular weight is 248 g/mol. The Bertz CT molecular complexity index is 377.